The SMILES string of the molecule is COc1ccccc1N1CCN(Cc2cc(C(=O)O)oc2C)CC1. The Morgan fingerprint density at radius 2 is 1.96 bits per heavy atom. The van der Waals surface area contributed by atoms with Crippen LogP contribution < -0.4 is 9.64 Å². The maximum absolute atomic E-state index is 11.0. The van der Waals surface area contributed by atoms with E-state index in [1.807, 2.05) is 25.1 Å². The third-order valence-corrected chi connectivity index (χ3v) is 4.42. The van der Waals surface area contributed by atoms with Crippen molar-refractivity contribution in [3.05, 3.63) is 47.4 Å². The van der Waals surface area contributed by atoms with Crippen molar-refractivity contribution < 1.29 is 19.1 Å². The second-order valence-electron chi connectivity index (χ2n) is 5.93. The molecule has 0 spiro atoms. The van der Waals surface area contributed by atoms with Crippen LogP contribution in [0.5, 0.6) is 5.75 Å². The van der Waals surface area contributed by atoms with Crippen LogP contribution >= 0.6 is 0 Å². The van der Waals surface area contributed by atoms with Crippen molar-refractivity contribution >= 4 is 11.7 Å². The van der Waals surface area contributed by atoms with Gasteiger partial charge in [0.25, 0.3) is 0 Å². The first-order chi connectivity index (χ1) is 11.6. The molecule has 2 heterocycles. The van der Waals surface area contributed by atoms with Gasteiger partial charge in [-0.1, -0.05) is 12.1 Å². The monoisotopic (exact) mass is 330 g/mol. The van der Waals surface area contributed by atoms with Crippen molar-refractivity contribution in [1.82, 2.24) is 4.90 Å². The van der Waals surface area contributed by atoms with Crippen LogP contribution in [0.1, 0.15) is 21.9 Å². The number of rotatable bonds is 5. The van der Waals surface area contributed by atoms with Crippen LogP contribution in [0.25, 0.3) is 0 Å². The molecule has 1 N–H and O–H groups in total. The fraction of sp³-hybridized carbons (Fsp3) is 0.389. The minimum atomic E-state index is -1.02. The standard InChI is InChI=1S/C18H22N2O4/c1-13-14(11-17(24-13)18(21)22)12-19-7-9-20(10-8-19)15-5-3-4-6-16(15)23-2/h3-6,11H,7-10,12H2,1-2H3,(H,21,22). The average Bonchev–Trinajstić information content (AvgIpc) is 2.97. The van der Waals surface area contributed by atoms with Gasteiger partial charge in [0.05, 0.1) is 12.8 Å². The van der Waals surface area contributed by atoms with Gasteiger partial charge in [0.15, 0.2) is 0 Å². The number of aryl methyl sites for hydroxylation is 1. The summed E-state index contributed by atoms with van der Waals surface area (Å²) < 4.78 is 10.7. The van der Waals surface area contributed by atoms with Gasteiger partial charge in [-0.15, -0.1) is 0 Å². The maximum atomic E-state index is 11.0. The van der Waals surface area contributed by atoms with Crippen molar-refractivity contribution in [2.75, 3.05) is 38.2 Å². The number of carboxylic acids is 1. The van der Waals surface area contributed by atoms with E-state index in [4.69, 9.17) is 14.3 Å². The van der Waals surface area contributed by atoms with Crippen molar-refractivity contribution in [3.63, 3.8) is 0 Å². The van der Waals surface area contributed by atoms with Gasteiger partial charge in [0.2, 0.25) is 5.76 Å². The summed E-state index contributed by atoms with van der Waals surface area (Å²) in [5.41, 5.74) is 2.06. The molecule has 6 heteroatoms. The van der Waals surface area contributed by atoms with Crippen molar-refractivity contribution in [2.24, 2.45) is 0 Å². The van der Waals surface area contributed by atoms with Crippen LogP contribution in [0.3, 0.4) is 0 Å². The first-order valence-electron chi connectivity index (χ1n) is 8.01. The maximum Gasteiger partial charge on any atom is 0.371 e. The van der Waals surface area contributed by atoms with Gasteiger partial charge in [-0.05, 0) is 25.1 Å². The van der Waals surface area contributed by atoms with Gasteiger partial charge >= 0.3 is 5.97 Å². The minimum absolute atomic E-state index is 0.00941. The highest BCUT2D eigenvalue weighted by Gasteiger charge is 2.21. The number of hydrogen-bond donors (Lipinski definition) is 1. The van der Waals surface area contributed by atoms with E-state index in [1.165, 1.54) is 0 Å². The Kier molecular flexibility index (Phi) is 4.76. The van der Waals surface area contributed by atoms with E-state index in [9.17, 15) is 4.79 Å². The van der Waals surface area contributed by atoms with Gasteiger partial charge in [0.1, 0.15) is 11.5 Å². The number of nitrogens with zero attached hydrogens (tertiary/aromatic N) is 2. The second-order valence-corrected chi connectivity index (χ2v) is 5.93. The molecular formula is C18H22N2O4. The van der Waals surface area contributed by atoms with Gasteiger partial charge in [-0.25, -0.2) is 4.79 Å². The molecule has 0 unspecified atom stereocenters. The summed E-state index contributed by atoms with van der Waals surface area (Å²) in [6, 6.07) is 9.68. The number of furan rings is 1. The van der Waals surface area contributed by atoms with E-state index < -0.39 is 5.97 Å². The van der Waals surface area contributed by atoms with Crippen LogP contribution in [0, 0.1) is 6.92 Å². The number of aromatic carboxylic acids is 1. The molecule has 1 aliphatic rings. The molecule has 1 aliphatic heterocycles. The lowest BCUT2D eigenvalue weighted by Gasteiger charge is -2.36. The molecule has 1 fully saturated rings. The fourth-order valence-electron chi connectivity index (χ4n) is 3.06. The first kappa shape index (κ1) is 16.4. The highest BCUT2D eigenvalue weighted by molar-refractivity contribution is 5.84. The molecule has 0 bridgehead atoms. The topological polar surface area (TPSA) is 66.2 Å². The van der Waals surface area contributed by atoms with E-state index in [0.717, 1.165) is 43.2 Å². The smallest absolute Gasteiger partial charge is 0.371 e. The number of ether oxygens (including phenoxy) is 1. The van der Waals surface area contributed by atoms with Gasteiger partial charge in [-0.2, -0.15) is 0 Å². The molecule has 2 aromatic rings. The number of methoxy groups -OCH3 is 1. The second kappa shape index (κ2) is 6.97. The van der Waals surface area contributed by atoms with E-state index in [2.05, 4.69) is 15.9 Å². The van der Waals surface area contributed by atoms with Crippen LogP contribution in [-0.2, 0) is 6.54 Å². The Balaban J connectivity index is 1.62. The summed E-state index contributed by atoms with van der Waals surface area (Å²) in [4.78, 5) is 15.6. The highest BCUT2D eigenvalue weighted by Crippen LogP contribution is 2.28. The number of piperazine rings is 1. The van der Waals surface area contributed by atoms with Crippen LogP contribution in [0.15, 0.2) is 34.7 Å². The number of benzene rings is 1. The summed E-state index contributed by atoms with van der Waals surface area (Å²) in [6.07, 6.45) is 0. The lowest BCUT2D eigenvalue weighted by Crippen LogP contribution is -2.46. The summed E-state index contributed by atoms with van der Waals surface area (Å²) in [5, 5.41) is 9.01. The van der Waals surface area contributed by atoms with E-state index in [0.29, 0.717) is 12.3 Å². The zero-order valence-corrected chi connectivity index (χ0v) is 14.0. The predicted octanol–water partition coefficient (Wildman–Crippen LogP) is 2.62. The average molecular weight is 330 g/mol. The quantitative estimate of drug-likeness (QED) is 0.909. The Morgan fingerprint density at radius 3 is 2.58 bits per heavy atom. The van der Waals surface area contributed by atoms with Gasteiger partial charge < -0.3 is 19.2 Å². The number of carboxylic acid groups (broad SMARTS) is 1. The number of hydrogen-bond acceptors (Lipinski definition) is 5. The first-order valence-corrected chi connectivity index (χ1v) is 8.01. The molecule has 0 amide bonds. The normalized spacial score (nSPS) is 15.5. The molecule has 1 aromatic heterocycles. The Morgan fingerprint density at radius 1 is 1.25 bits per heavy atom. The largest absolute Gasteiger partial charge is 0.495 e. The van der Waals surface area contributed by atoms with Crippen LogP contribution in [0.4, 0.5) is 5.69 Å². The lowest BCUT2D eigenvalue weighted by atomic mass is 10.2. The molecule has 128 valence electrons. The lowest BCUT2D eigenvalue weighted by molar-refractivity contribution is 0.0661. The van der Waals surface area contributed by atoms with Crippen LogP contribution in [0.2, 0.25) is 0 Å². The highest BCUT2D eigenvalue weighted by atomic mass is 16.5. The number of carbonyl (C=O) groups is 1. The zero-order valence-electron chi connectivity index (χ0n) is 14.0. The summed E-state index contributed by atoms with van der Waals surface area (Å²) in [6.45, 7) is 6.15. The van der Waals surface area contributed by atoms with Gasteiger partial charge in [-0.3, -0.25) is 4.90 Å². The summed E-state index contributed by atoms with van der Waals surface area (Å²) >= 11 is 0. The molecule has 6 nitrogen and oxygen atoms in total. The summed E-state index contributed by atoms with van der Waals surface area (Å²) in [5.74, 6) is 0.558. The third kappa shape index (κ3) is 3.38. The van der Waals surface area contributed by atoms with Crippen LogP contribution in [-0.4, -0.2) is 49.3 Å². The minimum Gasteiger partial charge on any atom is -0.495 e. The molecule has 0 radical (unpaired) electrons. The summed E-state index contributed by atoms with van der Waals surface area (Å²) in [7, 11) is 1.69. The molecule has 3 rings (SSSR count). The van der Waals surface area contributed by atoms with E-state index >= 15 is 0 Å². The predicted molar refractivity (Wildman–Crippen MR) is 90.9 cm³/mol. The zero-order chi connectivity index (χ0) is 17.1. The molecular weight excluding hydrogens is 308 g/mol. The molecule has 0 aliphatic carbocycles. The molecule has 1 aromatic carbocycles. The number of para-hydroxylation sites is 2. The third-order valence-electron chi connectivity index (χ3n) is 4.42. The van der Waals surface area contributed by atoms with Crippen molar-refractivity contribution in [2.45, 2.75) is 13.5 Å². The Labute approximate surface area is 141 Å². The van der Waals surface area contributed by atoms with Gasteiger partial charge in [0, 0.05) is 38.3 Å². The molecule has 0 atom stereocenters. The fourth-order valence-corrected chi connectivity index (χ4v) is 3.06. The van der Waals surface area contributed by atoms with E-state index in [1.54, 1.807) is 13.2 Å². The van der Waals surface area contributed by atoms with E-state index in [-0.39, 0.29) is 5.76 Å². The Hall–Kier alpha value is -2.47. The molecule has 0 saturated carbocycles. The number of anilines is 1. The Bertz CT molecular complexity index is 718. The molecule has 24 heavy (non-hydrogen) atoms. The van der Waals surface area contributed by atoms with Crippen molar-refractivity contribution in [3.8, 4) is 5.75 Å². The van der Waals surface area contributed by atoms with Crippen molar-refractivity contribution in [1.29, 1.82) is 0 Å². The molecule has 1 saturated heterocycles.